The van der Waals surface area contributed by atoms with Crippen molar-refractivity contribution in [3.8, 4) is 11.6 Å². The molecule has 1 aromatic carbocycles. The SMILES string of the molecule is COc1cccc(C(CNC(=O)NCc2ccc(OCC(F)(F)F)nc2)N2CCCC2)c1. The van der Waals surface area contributed by atoms with Gasteiger partial charge in [-0.05, 0) is 49.2 Å². The predicted octanol–water partition coefficient (Wildman–Crippen LogP) is 3.67. The molecule has 0 spiro atoms. The number of nitrogens with one attached hydrogen (secondary N) is 2. The molecule has 32 heavy (non-hydrogen) atoms. The summed E-state index contributed by atoms with van der Waals surface area (Å²) < 4.78 is 46.5. The number of methoxy groups -OCH3 is 1. The first kappa shape index (κ1) is 23.6. The highest BCUT2D eigenvalue weighted by atomic mass is 19.4. The van der Waals surface area contributed by atoms with Gasteiger partial charge in [-0.15, -0.1) is 0 Å². The Morgan fingerprint density at radius 2 is 1.97 bits per heavy atom. The highest BCUT2D eigenvalue weighted by Crippen LogP contribution is 2.27. The van der Waals surface area contributed by atoms with Crippen molar-refractivity contribution in [1.29, 1.82) is 0 Å². The van der Waals surface area contributed by atoms with E-state index in [1.165, 1.54) is 12.3 Å². The molecule has 0 radical (unpaired) electrons. The van der Waals surface area contributed by atoms with E-state index in [4.69, 9.17) is 4.74 Å². The van der Waals surface area contributed by atoms with E-state index in [1.807, 2.05) is 24.3 Å². The van der Waals surface area contributed by atoms with Gasteiger partial charge in [0, 0.05) is 25.4 Å². The van der Waals surface area contributed by atoms with Crippen LogP contribution in [0.5, 0.6) is 11.6 Å². The Balaban J connectivity index is 1.50. The van der Waals surface area contributed by atoms with Crippen molar-refractivity contribution >= 4 is 6.03 Å². The van der Waals surface area contributed by atoms with E-state index >= 15 is 0 Å². The fraction of sp³-hybridized carbons (Fsp3) is 0.455. The minimum atomic E-state index is -4.42. The average molecular weight is 452 g/mol. The van der Waals surface area contributed by atoms with Crippen molar-refractivity contribution in [2.75, 3.05) is 33.4 Å². The van der Waals surface area contributed by atoms with Gasteiger partial charge in [0.05, 0.1) is 13.2 Å². The van der Waals surface area contributed by atoms with E-state index in [0.29, 0.717) is 12.1 Å². The summed E-state index contributed by atoms with van der Waals surface area (Å²) in [7, 11) is 1.62. The summed E-state index contributed by atoms with van der Waals surface area (Å²) in [5, 5.41) is 5.65. The number of ether oxygens (including phenoxy) is 2. The maximum atomic E-state index is 12.3. The number of likely N-dealkylation sites (tertiary alicyclic amines) is 1. The number of amides is 2. The molecular formula is C22H27F3N4O3. The quantitative estimate of drug-likeness (QED) is 0.607. The molecule has 1 aromatic heterocycles. The number of hydrogen-bond acceptors (Lipinski definition) is 5. The fourth-order valence-corrected chi connectivity index (χ4v) is 3.55. The van der Waals surface area contributed by atoms with Crippen molar-refractivity contribution in [3.63, 3.8) is 0 Å². The first-order valence-electron chi connectivity index (χ1n) is 10.4. The molecule has 0 bridgehead atoms. The number of aromatic nitrogens is 1. The van der Waals surface area contributed by atoms with Gasteiger partial charge < -0.3 is 20.1 Å². The van der Waals surface area contributed by atoms with E-state index in [-0.39, 0.29) is 24.5 Å². The zero-order chi connectivity index (χ0) is 23.0. The number of rotatable bonds is 9. The zero-order valence-corrected chi connectivity index (χ0v) is 17.8. The Morgan fingerprint density at radius 3 is 2.62 bits per heavy atom. The third-order valence-corrected chi connectivity index (χ3v) is 5.15. The number of nitrogens with zero attached hydrogens (tertiary/aromatic N) is 2. The van der Waals surface area contributed by atoms with Crippen LogP contribution in [0, 0.1) is 0 Å². The highest BCUT2D eigenvalue weighted by Gasteiger charge is 2.28. The number of alkyl halides is 3. The van der Waals surface area contributed by atoms with E-state index in [0.717, 1.165) is 37.2 Å². The summed E-state index contributed by atoms with van der Waals surface area (Å²) in [6, 6.07) is 10.4. The number of carbonyl (C=O) groups excluding carboxylic acids is 1. The van der Waals surface area contributed by atoms with Crippen molar-refractivity contribution < 1.29 is 27.4 Å². The molecule has 174 valence electrons. The van der Waals surface area contributed by atoms with Crippen LogP contribution in [0.3, 0.4) is 0 Å². The van der Waals surface area contributed by atoms with E-state index in [1.54, 1.807) is 13.2 Å². The van der Waals surface area contributed by atoms with Crippen molar-refractivity contribution in [2.45, 2.75) is 31.6 Å². The Labute approximate surface area is 184 Å². The third kappa shape index (κ3) is 7.30. The molecule has 2 N–H and O–H groups in total. The molecule has 3 rings (SSSR count). The topological polar surface area (TPSA) is 75.7 Å². The van der Waals surface area contributed by atoms with Gasteiger partial charge in [0.15, 0.2) is 6.61 Å². The van der Waals surface area contributed by atoms with Crippen LogP contribution in [0.2, 0.25) is 0 Å². The number of pyridine rings is 1. The van der Waals surface area contributed by atoms with Gasteiger partial charge in [0.1, 0.15) is 5.75 Å². The van der Waals surface area contributed by atoms with Gasteiger partial charge in [-0.25, -0.2) is 9.78 Å². The molecule has 2 aromatic rings. The summed E-state index contributed by atoms with van der Waals surface area (Å²) in [4.78, 5) is 18.5. The standard InChI is InChI=1S/C22H27F3N4O3/c1-31-18-6-4-5-17(11-18)19(29-9-2-3-10-29)14-28-21(30)27-13-16-7-8-20(26-12-16)32-15-22(23,24)25/h4-8,11-12,19H,2-3,9-10,13-15H2,1H3,(H2,27,28,30). The van der Waals surface area contributed by atoms with Crippen LogP contribution < -0.4 is 20.1 Å². The van der Waals surface area contributed by atoms with Gasteiger partial charge in [-0.3, -0.25) is 4.90 Å². The van der Waals surface area contributed by atoms with Crippen molar-refractivity contribution in [3.05, 3.63) is 53.7 Å². The number of hydrogen-bond donors (Lipinski definition) is 2. The van der Waals surface area contributed by atoms with E-state index in [9.17, 15) is 18.0 Å². The molecule has 7 nitrogen and oxygen atoms in total. The van der Waals surface area contributed by atoms with E-state index < -0.39 is 12.8 Å². The molecule has 1 fully saturated rings. The second-order valence-corrected chi connectivity index (χ2v) is 7.51. The second kappa shape index (κ2) is 11.0. The smallest absolute Gasteiger partial charge is 0.422 e. The van der Waals surface area contributed by atoms with Gasteiger partial charge in [0.25, 0.3) is 0 Å². The number of urea groups is 1. The number of benzene rings is 1. The first-order valence-corrected chi connectivity index (χ1v) is 10.4. The number of carbonyl (C=O) groups is 1. The molecule has 0 aliphatic carbocycles. The Kier molecular flexibility index (Phi) is 8.15. The molecule has 10 heteroatoms. The monoisotopic (exact) mass is 452 g/mol. The molecule has 1 saturated heterocycles. The molecule has 1 aliphatic heterocycles. The normalized spacial score (nSPS) is 15.2. The van der Waals surface area contributed by atoms with Gasteiger partial charge in [0.2, 0.25) is 5.88 Å². The molecule has 0 saturated carbocycles. The first-order chi connectivity index (χ1) is 15.3. The lowest BCUT2D eigenvalue weighted by molar-refractivity contribution is -0.154. The maximum Gasteiger partial charge on any atom is 0.422 e. The summed E-state index contributed by atoms with van der Waals surface area (Å²) >= 11 is 0. The lowest BCUT2D eigenvalue weighted by Gasteiger charge is -2.28. The van der Waals surface area contributed by atoms with Crippen molar-refractivity contribution in [2.24, 2.45) is 0 Å². The van der Waals surface area contributed by atoms with Crippen LogP contribution >= 0.6 is 0 Å². The molecule has 1 atom stereocenters. The summed E-state index contributed by atoms with van der Waals surface area (Å²) in [6.07, 6.45) is -0.794. The van der Waals surface area contributed by atoms with Crippen LogP contribution in [0.1, 0.15) is 30.0 Å². The van der Waals surface area contributed by atoms with Gasteiger partial charge in [-0.1, -0.05) is 18.2 Å². The lowest BCUT2D eigenvalue weighted by Crippen LogP contribution is -2.41. The predicted molar refractivity (Wildman–Crippen MR) is 113 cm³/mol. The maximum absolute atomic E-state index is 12.3. The summed E-state index contributed by atoms with van der Waals surface area (Å²) in [5.74, 6) is 0.647. The number of halogens is 3. The summed E-state index contributed by atoms with van der Waals surface area (Å²) in [6.45, 7) is 1.16. The summed E-state index contributed by atoms with van der Waals surface area (Å²) in [5.41, 5.74) is 1.72. The molecule has 2 amide bonds. The Hall–Kier alpha value is -3.01. The largest absolute Gasteiger partial charge is 0.497 e. The highest BCUT2D eigenvalue weighted by molar-refractivity contribution is 5.73. The molecule has 1 unspecified atom stereocenters. The molecular weight excluding hydrogens is 425 g/mol. The Morgan fingerprint density at radius 1 is 1.19 bits per heavy atom. The second-order valence-electron chi connectivity index (χ2n) is 7.51. The third-order valence-electron chi connectivity index (χ3n) is 5.15. The van der Waals surface area contributed by atoms with Gasteiger partial charge >= 0.3 is 12.2 Å². The van der Waals surface area contributed by atoms with Crippen molar-refractivity contribution in [1.82, 2.24) is 20.5 Å². The lowest BCUT2D eigenvalue weighted by atomic mass is 10.1. The molecule has 1 aliphatic rings. The average Bonchev–Trinajstić information content (AvgIpc) is 3.31. The van der Waals surface area contributed by atoms with Crippen LogP contribution in [0.25, 0.3) is 0 Å². The minimum absolute atomic E-state index is 0.0325. The van der Waals surface area contributed by atoms with Crippen LogP contribution in [0.15, 0.2) is 42.6 Å². The van der Waals surface area contributed by atoms with Crippen LogP contribution in [-0.4, -0.2) is 55.4 Å². The minimum Gasteiger partial charge on any atom is -0.497 e. The zero-order valence-electron chi connectivity index (χ0n) is 17.8. The van der Waals surface area contributed by atoms with Crippen LogP contribution in [-0.2, 0) is 6.54 Å². The Bertz CT molecular complexity index is 871. The van der Waals surface area contributed by atoms with Gasteiger partial charge in [-0.2, -0.15) is 13.2 Å². The van der Waals surface area contributed by atoms with Crippen LogP contribution in [0.4, 0.5) is 18.0 Å². The van der Waals surface area contributed by atoms with E-state index in [2.05, 4.69) is 25.3 Å². The molecule has 2 heterocycles. The fourth-order valence-electron chi connectivity index (χ4n) is 3.55.